The third-order valence-electron chi connectivity index (χ3n) is 6.25. The summed E-state index contributed by atoms with van der Waals surface area (Å²) in [6, 6.07) is 6.67. The van der Waals surface area contributed by atoms with E-state index < -0.39 is 21.8 Å². The smallest absolute Gasteiger partial charge is 0.313 e. The molecule has 2 aliphatic heterocycles. The standard InChI is InChI=1S/C23H28N4O6S/c1-34(31,32)27-9-2-3-17-4-5-19(13-20(17)27)25-22(29)21(28)24-14-16-6-10-26(11-7-16)23(30)18-8-12-33-15-18/h4-5,8,12-13,15-16H,2-3,6-7,9-11,14H2,1H3,(H,24,28)(H,25,29). The number of aryl methyl sites for hydroxylation is 1. The number of piperidine rings is 1. The Morgan fingerprint density at radius 1 is 1.09 bits per heavy atom. The lowest BCUT2D eigenvalue weighted by atomic mass is 9.96. The number of carbonyl (C=O) groups is 3. The minimum Gasteiger partial charge on any atom is -0.472 e. The summed E-state index contributed by atoms with van der Waals surface area (Å²) in [5.41, 5.74) is 2.30. The van der Waals surface area contributed by atoms with Crippen LogP contribution in [0.3, 0.4) is 0 Å². The minimum absolute atomic E-state index is 0.0740. The molecule has 0 spiro atoms. The zero-order chi connectivity index (χ0) is 24.3. The van der Waals surface area contributed by atoms with E-state index in [4.69, 9.17) is 4.42 Å². The lowest BCUT2D eigenvalue weighted by molar-refractivity contribution is -0.136. The first-order valence-corrected chi connectivity index (χ1v) is 13.1. The van der Waals surface area contributed by atoms with Gasteiger partial charge in [-0.1, -0.05) is 6.07 Å². The first-order valence-electron chi connectivity index (χ1n) is 11.2. The number of anilines is 2. The number of rotatable bonds is 5. The Bertz CT molecular complexity index is 1170. The van der Waals surface area contributed by atoms with Crippen LogP contribution in [-0.4, -0.2) is 63.5 Å². The van der Waals surface area contributed by atoms with Crippen molar-refractivity contribution in [2.75, 3.05) is 42.1 Å². The number of nitrogens with one attached hydrogen (secondary N) is 2. The summed E-state index contributed by atoms with van der Waals surface area (Å²) in [6.07, 6.45) is 6.96. The average molecular weight is 489 g/mol. The van der Waals surface area contributed by atoms with Gasteiger partial charge in [0, 0.05) is 31.9 Å². The predicted octanol–water partition coefficient (Wildman–Crippen LogP) is 1.60. The molecule has 11 heteroatoms. The number of carbonyl (C=O) groups excluding carboxylic acids is 3. The van der Waals surface area contributed by atoms with Gasteiger partial charge in [-0.3, -0.25) is 18.7 Å². The van der Waals surface area contributed by atoms with Crippen LogP contribution in [0.15, 0.2) is 41.2 Å². The van der Waals surface area contributed by atoms with Crippen molar-refractivity contribution in [3.05, 3.63) is 47.9 Å². The summed E-state index contributed by atoms with van der Waals surface area (Å²) >= 11 is 0. The summed E-state index contributed by atoms with van der Waals surface area (Å²) < 4.78 is 30.5. The molecule has 1 saturated heterocycles. The number of hydrogen-bond donors (Lipinski definition) is 2. The van der Waals surface area contributed by atoms with Gasteiger partial charge in [-0.15, -0.1) is 0 Å². The number of likely N-dealkylation sites (tertiary alicyclic amines) is 1. The highest BCUT2D eigenvalue weighted by Gasteiger charge is 2.26. The molecule has 2 N–H and O–H groups in total. The number of hydrogen-bond acceptors (Lipinski definition) is 6. The van der Waals surface area contributed by atoms with E-state index in [1.54, 1.807) is 29.2 Å². The van der Waals surface area contributed by atoms with Crippen LogP contribution in [0, 0.1) is 5.92 Å². The molecule has 3 heterocycles. The molecular weight excluding hydrogens is 460 g/mol. The monoisotopic (exact) mass is 488 g/mol. The average Bonchev–Trinajstić information content (AvgIpc) is 3.36. The molecule has 0 radical (unpaired) electrons. The van der Waals surface area contributed by atoms with Crippen molar-refractivity contribution in [1.82, 2.24) is 10.2 Å². The molecule has 0 saturated carbocycles. The number of fused-ring (bicyclic) bond motifs is 1. The van der Waals surface area contributed by atoms with Gasteiger partial charge >= 0.3 is 11.8 Å². The number of amides is 3. The van der Waals surface area contributed by atoms with Crippen LogP contribution in [0.25, 0.3) is 0 Å². The molecule has 0 unspecified atom stereocenters. The Hall–Kier alpha value is -3.34. The normalized spacial score (nSPS) is 16.6. The number of sulfonamides is 1. The second-order valence-corrected chi connectivity index (χ2v) is 10.6. The highest BCUT2D eigenvalue weighted by atomic mass is 32.2. The van der Waals surface area contributed by atoms with Crippen LogP contribution in [-0.2, 0) is 26.0 Å². The van der Waals surface area contributed by atoms with E-state index in [-0.39, 0.29) is 11.8 Å². The van der Waals surface area contributed by atoms with Gasteiger partial charge in [0.1, 0.15) is 6.26 Å². The second-order valence-electron chi connectivity index (χ2n) is 8.69. The molecule has 0 bridgehead atoms. The maximum Gasteiger partial charge on any atom is 0.313 e. The van der Waals surface area contributed by atoms with Crippen LogP contribution in [0.2, 0.25) is 0 Å². The third kappa shape index (κ3) is 5.41. The lowest BCUT2D eigenvalue weighted by Gasteiger charge is -2.31. The molecule has 3 amide bonds. The van der Waals surface area contributed by atoms with Gasteiger partial charge in [0.15, 0.2) is 0 Å². The first-order chi connectivity index (χ1) is 16.2. The van der Waals surface area contributed by atoms with E-state index in [2.05, 4.69) is 10.6 Å². The maximum absolute atomic E-state index is 12.4. The second kappa shape index (κ2) is 9.88. The van der Waals surface area contributed by atoms with Crippen LogP contribution >= 0.6 is 0 Å². The number of nitrogens with zero attached hydrogens (tertiary/aromatic N) is 2. The van der Waals surface area contributed by atoms with Gasteiger partial charge < -0.3 is 20.0 Å². The van der Waals surface area contributed by atoms with E-state index in [9.17, 15) is 22.8 Å². The largest absolute Gasteiger partial charge is 0.472 e. The van der Waals surface area contributed by atoms with Gasteiger partial charge in [0.25, 0.3) is 5.91 Å². The molecule has 0 aliphatic carbocycles. The van der Waals surface area contributed by atoms with Gasteiger partial charge in [-0.25, -0.2) is 8.42 Å². The fourth-order valence-electron chi connectivity index (χ4n) is 4.38. The molecule has 34 heavy (non-hydrogen) atoms. The van der Waals surface area contributed by atoms with Crippen molar-refractivity contribution >= 4 is 39.1 Å². The Morgan fingerprint density at radius 2 is 1.85 bits per heavy atom. The molecule has 2 aromatic rings. The highest BCUT2D eigenvalue weighted by molar-refractivity contribution is 7.92. The Kier molecular flexibility index (Phi) is 6.92. The van der Waals surface area contributed by atoms with Crippen LogP contribution in [0.4, 0.5) is 11.4 Å². The topological polar surface area (TPSA) is 129 Å². The maximum atomic E-state index is 12.4. The summed E-state index contributed by atoms with van der Waals surface area (Å²) in [5.74, 6) is -1.48. The van der Waals surface area contributed by atoms with Crippen molar-refractivity contribution in [2.45, 2.75) is 25.7 Å². The van der Waals surface area contributed by atoms with Gasteiger partial charge in [-0.2, -0.15) is 0 Å². The van der Waals surface area contributed by atoms with E-state index >= 15 is 0 Å². The molecule has 1 aromatic heterocycles. The molecule has 1 aromatic carbocycles. The van der Waals surface area contributed by atoms with E-state index in [1.807, 2.05) is 0 Å². The highest BCUT2D eigenvalue weighted by Crippen LogP contribution is 2.31. The Labute approximate surface area is 198 Å². The number of benzene rings is 1. The summed E-state index contributed by atoms with van der Waals surface area (Å²) in [5, 5.41) is 5.22. The van der Waals surface area contributed by atoms with Gasteiger partial charge in [0.05, 0.1) is 23.8 Å². The Balaban J connectivity index is 1.27. The molecule has 2 aliphatic rings. The van der Waals surface area contributed by atoms with Crippen molar-refractivity contribution in [3.63, 3.8) is 0 Å². The Morgan fingerprint density at radius 3 is 2.53 bits per heavy atom. The van der Waals surface area contributed by atoms with Gasteiger partial charge in [-0.05, 0) is 55.4 Å². The molecule has 0 atom stereocenters. The van der Waals surface area contributed by atoms with Gasteiger partial charge in [0.2, 0.25) is 10.0 Å². The van der Waals surface area contributed by atoms with E-state index in [0.717, 1.165) is 37.5 Å². The molecule has 10 nitrogen and oxygen atoms in total. The zero-order valence-corrected chi connectivity index (χ0v) is 19.8. The van der Waals surface area contributed by atoms with Crippen LogP contribution < -0.4 is 14.9 Å². The summed E-state index contributed by atoms with van der Waals surface area (Å²) in [4.78, 5) is 38.8. The summed E-state index contributed by atoms with van der Waals surface area (Å²) in [6.45, 7) is 1.87. The minimum atomic E-state index is -3.43. The zero-order valence-electron chi connectivity index (χ0n) is 19.0. The van der Waals surface area contributed by atoms with Crippen molar-refractivity contribution in [2.24, 2.45) is 5.92 Å². The molecule has 4 rings (SSSR count). The quantitative estimate of drug-likeness (QED) is 0.615. The SMILES string of the molecule is CS(=O)(=O)N1CCCc2ccc(NC(=O)C(=O)NCC3CCN(C(=O)c4ccoc4)CC3)cc21. The van der Waals surface area contributed by atoms with Crippen LogP contribution in [0.1, 0.15) is 35.2 Å². The lowest BCUT2D eigenvalue weighted by Crippen LogP contribution is -2.43. The van der Waals surface area contributed by atoms with Crippen LogP contribution in [0.5, 0.6) is 0 Å². The predicted molar refractivity (Wildman–Crippen MR) is 126 cm³/mol. The van der Waals surface area contributed by atoms with E-state index in [1.165, 1.54) is 16.8 Å². The fourth-order valence-corrected chi connectivity index (χ4v) is 5.37. The van der Waals surface area contributed by atoms with Crippen molar-refractivity contribution in [3.8, 4) is 0 Å². The molecule has 182 valence electrons. The number of furan rings is 1. The van der Waals surface area contributed by atoms with Crippen molar-refractivity contribution < 1.29 is 27.2 Å². The first kappa shape index (κ1) is 23.8. The van der Waals surface area contributed by atoms with Crippen molar-refractivity contribution in [1.29, 1.82) is 0 Å². The van der Waals surface area contributed by atoms with E-state index in [0.29, 0.717) is 43.1 Å². The molecular formula is C23H28N4O6S. The molecule has 1 fully saturated rings. The third-order valence-corrected chi connectivity index (χ3v) is 7.43. The fraction of sp³-hybridized carbons (Fsp3) is 0.435. The summed E-state index contributed by atoms with van der Waals surface area (Å²) in [7, 11) is -3.43.